The van der Waals surface area contributed by atoms with Gasteiger partial charge in [0.1, 0.15) is 5.75 Å². The molecule has 0 saturated heterocycles. The van der Waals surface area contributed by atoms with Crippen LogP contribution in [0, 0.1) is 5.92 Å². The van der Waals surface area contributed by atoms with Gasteiger partial charge >= 0.3 is 0 Å². The van der Waals surface area contributed by atoms with Crippen molar-refractivity contribution in [3.8, 4) is 5.75 Å². The molecule has 1 unspecified atom stereocenters. The van der Waals surface area contributed by atoms with Gasteiger partial charge in [0.2, 0.25) is 0 Å². The number of rotatable bonds is 3. The molecule has 0 amide bonds. The van der Waals surface area contributed by atoms with Crippen molar-refractivity contribution in [2.75, 3.05) is 0 Å². The van der Waals surface area contributed by atoms with Crippen LogP contribution in [-0.4, -0.2) is 5.11 Å². The maximum absolute atomic E-state index is 12.8. The van der Waals surface area contributed by atoms with E-state index in [0.29, 0.717) is 6.42 Å². The summed E-state index contributed by atoms with van der Waals surface area (Å²) in [4.78, 5) is 0. The maximum atomic E-state index is 12.8. The van der Waals surface area contributed by atoms with Gasteiger partial charge in [-0.25, -0.2) is 0 Å². The van der Waals surface area contributed by atoms with E-state index in [-0.39, 0.29) is 22.8 Å². The van der Waals surface area contributed by atoms with Gasteiger partial charge in [-0.15, -0.1) is 0 Å². The number of allylic oxidation sites excluding steroid dienone is 1. The van der Waals surface area contributed by atoms with Crippen molar-refractivity contribution in [1.29, 1.82) is 0 Å². The quantitative estimate of drug-likeness (QED) is 0.801. The topological polar surface area (TPSA) is 20.2 Å². The summed E-state index contributed by atoms with van der Waals surface area (Å²) in [6, 6.07) is 6.18. The van der Waals surface area contributed by atoms with Gasteiger partial charge < -0.3 is 5.11 Å². The average molecular weight is 212 g/mol. The lowest BCUT2D eigenvalue weighted by atomic mass is 9.92. The Morgan fingerprint density at radius 3 is 2.40 bits per heavy atom. The number of para-hydroxylation sites is 1. The minimum atomic E-state index is -1.72. The molecule has 0 bridgehead atoms. The zero-order valence-corrected chi connectivity index (χ0v) is 8.80. The van der Waals surface area contributed by atoms with Crippen molar-refractivity contribution in [2.45, 2.75) is 20.3 Å². The molecule has 0 fully saturated rings. The highest BCUT2D eigenvalue weighted by Crippen LogP contribution is 2.35. The molecule has 0 saturated carbocycles. The Morgan fingerprint density at radius 2 is 1.93 bits per heavy atom. The molecule has 1 nitrogen and oxygen atoms in total. The molecule has 0 spiro atoms. The van der Waals surface area contributed by atoms with E-state index < -0.39 is 6.08 Å². The van der Waals surface area contributed by atoms with Crippen LogP contribution in [0.2, 0.25) is 0 Å². The number of phenolic OH excluding ortho intramolecular Hbond substituents is 1. The smallest absolute Gasteiger partial charge is 0.274 e. The van der Waals surface area contributed by atoms with Gasteiger partial charge in [0.05, 0.1) is 0 Å². The molecule has 1 atom stereocenters. The monoisotopic (exact) mass is 212 g/mol. The van der Waals surface area contributed by atoms with Gasteiger partial charge in [-0.2, -0.15) is 8.78 Å². The summed E-state index contributed by atoms with van der Waals surface area (Å²) in [7, 11) is 0. The lowest BCUT2D eigenvalue weighted by Crippen LogP contribution is -1.99. The molecule has 0 heterocycles. The average Bonchev–Trinajstić information content (AvgIpc) is 2.20. The molecule has 0 radical (unpaired) electrons. The summed E-state index contributed by atoms with van der Waals surface area (Å²) in [5.74, 6) is -0.357. The first-order valence-electron chi connectivity index (χ1n) is 4.91. The van der Waals surface area contributed by atoms with Gasteiger partial charge in [-0.1, -0.05) is 32.0 Å². The van der Waals surface area contributed by atoms with Crippen molar-refractivity contribution < 1.29 is 13.9 Å². The maximum Gasteiger partial charge on any atom is 0.274 e. The fourth-order valence-corrected chi connectivity index (χ4v) is 1.46. The van der Waals surface area contributed by atoms with Crippen LogP contribution in [0.15, 0.2) is 30.3 Å². The molecule has 0 aliphatic rings. The van der Waals surface area contributed by atoms with Gasteiger partial charge in [-0.3, -0.25) is 0 Å². The van der Waals surface area contributed by atoms with Crippen molar-refractivity contribution in [3.63, 3.8) is 0 Å². The van der Waals surface area contributed by atoms with Crippen LogP contribution in [0.5, 0.6) is 5.75 Å². The summed E-state index contributed by atoms with van der Waals surface area (Å²) in [6.45, 7) is 3.56. The summed E-state index contributed by atoms with van der Waals surface area (Å²) in [5, 5.41) is 9.51. The lowest BCUT2D eigenvalue weighted by molar-refractivity contribution is 0.415. The molecule has 3 heteroatoms. The predicted octanol–water partition coefficient (Wildman–Crippen LogP) is 4.05. The van der Waals surface area contributed by atoms with E-state index >= 15 is 0 Å². The van der Waals surface area contributed by atoms with Crippen LogP contribution in [0.1, 0.15) is 25.8 Å². The zero-order valence-electron chi connectivity index (χ0n) is 8.80. The number of phenols is 1. The highest BCUT2D eigenvalue weighted by molar-refractivity contribution is 5.72. The minimum Gasteiger partial charge on any atom is -0.507 e. The Balaban J connectivity index is 3.24. The van der Waals surface area contributed by atoms with Crippen LogP contribution in [0.3, 0.4) is 0 Å². The van der Waals surface area contributed by atoms with E-state index in [0.717, 1.165) is 0 Å². The van der Waals surface area contributed by atoms with E-state index in [1.165, 1.54) is 12.1 Å². The van der Waals surface area contributed by atoms with Crippen molar-refractivity contribution in [3.05, 3.63) is 35.9 Å². The third kappa shape index (κ3) is 2.55. The van der Waals surface area contributed by atoms with Gasteiger partial charge in [0.15, 0.2) is 0 Å². The molecule has 1 aromatic rings. The third-order valence-electron chi connectivity index (χ3n) is 2.50. The van der Waals surface area contributed by atoms with Crippen LogP contribution in [-0.2, 0) is 0 Å². The number of benzene rings is 1. The Labute approximate surface area is 88.1 Å². The molecule has 0 aliphatic heterocycles. The first-order valence-corrected chi connectivity index (χ1v) is 4.91. The summed E-state index contributed by atoms with van der Waals surface area (Å²) < 4.78 is 25.5. The first-order chi connectivity index (χ1) is 7.07. The molecule has 0 aliphatic carbocycles. The molecule has 0 aromatic heterocycles. The largest absolute Gasteiger partial charge is 0.507 e. The van der Waals surface area contributed by atoms with Crippen molar-refractivity contribution in [1.82, 2.24) is 0 Å². The van der Waals surface area contributed by atoms with Crippen LogP contribution < -0.4 is 0 Å². The first kappa shape index (κ1) is 11.7. The second-order valence-electron chi connectivity index (χ2n) is 3.50. The molecule has 1 aromatic carbocycles. The third-order valence-corrected chi connectivity index (χ3v) is 2.50. The number of hydrogen-bond donors (Lipinski definition) is 1. The van der Waals surface area contributed by atoms with Crippen molar-refractivity contribution in [2.24, 2.45) is 5.92 Å². The number of aromatic hydroxyl groups is 1. The van der Waals surface area contributed by atoms with E-state index in [9.17, 15) is 13.9 Å². The molecule has 82 valence electrons. The van der Waals surface area contributed by atoms with Crippen LogP contribution in [0.25, 0.3) is 5.57 Å². The van der Waals surface area contributed by atoms with Crippen LogP contribution >= 0.6 is 0 Å². The number of halogens is 2. The standard InChI is InChI=1S/C12H14F2O/c1-3-8(2)11(12(13)14)9-6-4-5-7-10(9)15/h4-8,15H,3H2,1-2H3. The lowest BCUT2D eigenvalue weighted by Gasteiger charge is -2.14. The van der Waals surface area contributed by atoms with Gasteiger partial charge in [0, 0.05) is 11.1 Å². The molecule has 1 N–H and O–H groups in total. The molecule has 1 rings (SSSR count). The van der Waals surface area contributed by atoms with Gasteiger partial charge in [0.25, 0.3) is 6.08 Å². The Kier molecular flexibility index (Phi) is 3.83. The molecule has 15 heavy (non-hydrogen) atoms. The fraction of sp³-hybridized carbons (Fsp3) is 0.333. The Bertz CT molecular complexity index is 368. The van der Waals surface area contributed by atoms with E-state index in [2.05, 4.69) is 0 Å². The van der Waals surface area contributed by atoms with Crippen molar-refractivity contribution >= 4 is 5.57 Å². The zero-order chi connectivity index (χ0) is 11.4. The predicted molar refractivity (Wildman–Crippen MR) is 56.7 cm³/mol. The second kappa shape index (κ2) is 4.91. The highest BCUT2D eigenvalue weighted by atomic mass is 19.3. The highest BCUT2D eigenvalue weighted by Gasteiger charge is 2.18. The van der Waals surface area contributed by atoms with E-state index in [4.69, 9.17) is 0 Å². The fourth-order valence-electron chi connectivity index (χ4n) is 1.46. The van der Waals surface area contributed by atoms with Gasteiger partial charge in [-0.05, 0) is 18.4 Å². The SMILES string of the molecule is CCC(C)C(=C(F)F)c1ccccc1O. The van der Waals surface area contributed by atoms with E-state index in [1.807, 2.05) is 6.92 Å². The van der Waals surface area contributed by atoms with E-state index in [1.54, 1.807) is 19.1 Å². The minimum absolute atomic E-state index is 0.0596. The second-order valence-corrected chi connectivity index (χ2v) is 3.50. The molecular weight excluding hydrogens is 198 g/mol. The number of hydrogen-bond acceptors (Lipinski definition) is 1. The normalized spacial score (nSPS) is 12.3. The summed E-state index contributed by atoms with van der Waals surface area (Å²) >= 11 is 0. The summed E-state index contributed by atoms with van der Waals surface area (Å²) in [5.41, 5.74) is 0.169. The Hall–Kier alpha value is -1.38. The summed E-state index contributed by atoms with van der Waals surface area (Å²) in [6.07, 6.45) is -1.10. The Morgan fingerprint density at radius 1 is 1.33 bits per heavy atom. The molecular formula is C12H14F2O. The van der Waals surface area contributed by atoms with Crippen LogP contribution in [0.4, 0.5) is 8.78 Å².